The fraction of sp³-hybridized carbons (Fsp3) is 0.133. The number of aromatic nitrogens is 2. The molecule has 3 rings (SSSR count). The molecule has 2 heterocycles. The molecule has 0 aliphatic carbocycles. The van der Waals surface area contributed by atoms with E-state index in [9.17, 15) is 4.79 Å². The summed E-state index contributed by atoms with van der Waals surface area (Å²) in [6.07, 6.45) is 1.46. The Labute approximate surface area is 130 Å². The molecule has 0 radical (unpaired) electrons. The van der Waals surface area contributed by atoms with Gasteiger partial charge < -0.3 is 9.47 Å². The second-order valence-corrected chi connectivity index (χ2v) is 5.40. The minimum absolute atomic E-state index is 0.270. The summed E-state index contributed by atoms with van der Waals surface area (Å²) >= 11 is 1.39. The Bertz CT molecular complexity index is 815. The number of anilines is 1. The summed E-state index contributed by atoms with van der Waals surface area (Å²) in [6, 6.07) is 8.94. The Kier molecular flexibility index (Phi) is 3.88. The van der Waals surface area contributed by atoms with Crippen LogP contribution in [0.25, 0.3) is 10.2 Å². The Morgan fingerprint density at radius 3 is 2.73 bits per heavy atom. The number of rotatable bonds is 4. The molecular weight excluding hydrogens is 302 g/mol. The topological polar surface area (TPSA) is 73.3 Å². The van der Waals surface area contributed by atoms with Gasteiger partial charge in [0.15, 0.2) is 5.13 Å². The number of thiazole rings is 1. The van der Waals surface area contributed by atoms with Crippen molar-refractivity contribution >= 4 is 32.6 Å². The Morgan fingerprint density at radius 2 is 2.05 bits per heavy atom. The molecule has 1 amide bonds. The molecule has 1 N–H and O–H groups in total. The molecule has 0 unspecified atom stereocenters. The van der Waals surface area contributed by atoms with Crippen molar-refractivity contribution in [1.82, 2.24) is 9.97 Å². The van der Waals surface area contributed by atoms with Gasteiger partial charge in [-0.1, -0.05) is 17.4 Å². The van der Waals surface area contributed by atoms with Gasteiger partial charge in [-0.25, -0.2) is 9.97 Å². The number of amides is 1. The van der Waals surface area contributed by atoms with Crippen LogP contribution in [0.4, 0.5) is 5.13 Å². The van der Waals surface area contributed by atoms with Gasteiger partial charge in [-0.15, -0.1) is 0 Å². The third-order valence-corrected chi connectivity index (χ3v) is 3.97. The third kappa shape index (κ3) is 2.71. The number of pyridine rings is 1. The van der Waals surface area contributed by atoms with Crippen LogP contribution in [0.5, 0.6) is 11.6 Å². The maximum Gasteiger partial charge on any atom is 0.259 e. The number of ether oxygens (including phenoxy) is 2. The fourth-order valence-corrected chi connectivity index (χ4v) is 2.82. The van der Waals surface area contributed by atoms with Crippen molar-refractivity contribution in [2.45, 2.75) is 0 Å². The highest BCUT2D eigenvalue weighted by molar-refractivity contribution is 7.22. The molecule has 0 saturated heterocycles. The first-order valence-corrected chi connectivity index (χ1v) is 7.28. The van der Waals surface area contributed by atoms with E-state index in [-0.39, 0.29) is 5.91 Å². The van der Waals surface area contributed by atoms with E-state index in [1.165, 1.54) is 24.6 Å². The van der Waals surface area contributed by atoms with Gasteiger partial charge in [0.25, 0.3) is 5.91 Å². The number of benzene rings is 1. The summed E-state index contributed by atoms with van der Waals surface area (Å²) in [4.78, 5) is 20.6. The number of carbonyl (C=O) groups excluding carboxylic acids is 1. The first-order valence-electron chi connectivity index (χ1n) is 6.46. The molecule has 0 bridgehead atoms. The van der Waals surface area contributed by atoms with Crippen molar-refractivity contribution in [1.29, 1.82) is 0 Å². The first kappa shape index (κ1) is 14.3. The minimum atomic E-state index is -0.270. The monoisotopic (exact) mass is 315 g/mol. The van der Waals surface area contributed by atoms with Crippen LogP contribution < -0.4 is 14.8 Å². The lowest BCUT2D eigenvalue weighted by Gasteiger charge is -2.02. The Morgan fingerprint density at radius 1 is 1.18 bits per heavy atom. The maximum absolute atomic E-state index is 12.2. The van der Waals surface area contributed by atoms with Crippen LogP contribution in [0.2, 0.25) is 0 Å². The van der Waals surface area contributed by atoms with E-state index in [4.69, 9.17) is 9.47 Å². The van der Waals surface area contributed by atoms with E-state index >= 15 is 0 Å². The van der Waals surface area contributed by atoms with Gasteiger partial charge >= 0.3 is 0 Å². The van der Waals surface area contributed by atoms with Gasteiger partial charge in [0.1, 0.15) is 11.3 Å². The van der Waals surface area contributed by atoms with E-state index in [1.807, 2.05) is 18.2 Å². The number of carbonyl (C=O) groups is 1. The number of nitrogens with one attached hydrogen (secondary N) is 1. The zero-order valence-electron chi connectivity index (χ0n) is 12.0. The summed E-state index contributed by atoms with van der Waals surface area (Å²) < 4.78 is 11.2. The minimum Gasteiger partial charge on any atom is -0.494 e. The molecule has 0 aliphatic heterocycles. The van der Waals surface area contributed by atoms with Crippen molar-refractivity contribution in [2.24, 2.45) is 0 Å². The number of fused-ring (bicyclic) bond motifs is 1. The molecule has 22 heavy (non-hydrogen) atoms. The Hall–Kier alpha value is -2.67. The normalized spacial score (nSPS) is 10.5. The van der Waals surface area contributed by atoms with Crippen molar-refractivity contribution in [2.75, 3.05) is 19.5 Å². The van der Waals surface area contributed by atoms with Crippen LogP contribution in [0.1, 0.15) is 10.4 Å². The van der Waals surface area contributed by atoms with Gasteiger partial charge in [-0.2, -0.15) is 0 Å². The number of hydrogen-bond acceptors (Lipinski definition) is 6. The fourth-order valence-electron chi connectivity index (χ4n) is 1.95. The van der Waals surface area contributed by atoms with Crippen molar-refractivity contribution in [3.05, 3.63) is 42.1 Å². The molecule has 0 spiro atoms. The molecule has 0 fully saturated rings. The molecular formula is C15H13N3O3S. The number of nitrogens with zero attached hydrogens (tertiary/aromatic N) is 2. The van der Waals surface area contributed by atoms with Crippen LogP contribution in [0.15, 0.2) is 36.5 Å². The van der Waals surface area contributed by atoms with Crippen LogP contribution >= 0.6 is 11.3 Å². The van der Waals surface area contributed by atoms with Crippen molar-refractivity contribution < 1.29 is 14.3 Å². The number of hydrogen-bond donors (Lipinski definition) is 1. The highest BCUT2D eigenvalue weighted by Crippen LogP contribution is 2.32. The quantitative estimate of drug-likeness (QED) is 0.801. The zero-order valence-corrected chi connectivity index (χ0v) is 12.8. The lowest BCUT2D eigenvalue weighted by molar-refractivity contribution is 0.102. The molecule has 7 heteroatoms. The SMILES string of the molecule is COc1ccc(C(=O)Nc2nc3c(OC)cccc3s2)cn1. The highest BCUT2D eigenvalue weighted by atomic mass is 32.1. The second kappa shape index (κ2) is 5.98. The van der Waals surface area contributed by atoms with Crippen molar-refractivity contribution in [3.8, 4) is 11.6 Å². The number of para-hydroxylation sites is 1. The summed E-state index contributed by atoms with van der Waals surface area (Å²) in [6.45, 7) is 0. The van der Waals surface area contributed by atoms with Gasteiger partial charge in [0.2, 0.25) is 5.88 Å². The smallest absolute Gasteiger partial charge is 0.259 e. The highest BCUT2D eigenvalue weighted by Gasteiger charge is 2.12. The van der Waals surface area contributed by atoms with E-state index in [0.717, 1.165) is 10.2 Å². The van der Waals surface area contributed by atoms with Crippen LogP contribution in [0.3, 0.4) is 0 Å². The average molecular weight is 315 g/mol. The molecule has 0 atom stereocenters. The van der Waals surface area contributed by atoms with E-state index in [1.54, 1.807) is 19.2 Å². The van der Waals surface area contributed by atoms with E-state index in [0.29, 0.717) is 22.3 Å². The summed E-state index contributed by atoms with van der Waals surface area (Å²) in [5.74, 6) is 0.870. The predicted octanol–water partition coefficient (Wildman–Crippen LogP) is 2.96. The molecule has 0 aliphatic rings. The second-order valence-electron chi connectivity index (χ2n) is 4.37. The largest absolute Gasteiger partial charge is 0.494 e. The van der Waals surface area contributed by atoms with Gasteiger partial charge in [-0.3, -0.25) is 10.1 Å². The Balaban J connectivity index is 1.84. The standard InChI is InChI=1S/C15H13N3O3S/c1-20-10-4-3-5-11-13(10)17-15(22-11)18-14(19)9-6-7-12(21-2)16-8-9/h3-8H,1-2H3,(H,17,18,19). The first-order chi connectivity index (χ1) is 10.7. The summed E-state index contributed by atoms with van der Waals surface area (Å²) in [5, 5.41) is 3.28. The van der Waals surface area contributed by atoms with E-state index in [2.05, 4.69) is 15.3 Å². The molecule has 1 aromatic carbocycles. The van der Waals surface area contributed by atoms with Gasteiger partial charge in [0, 0.05) is 12.3 Å². The van der Waals surface area contributed by atoms with E-state index < -0.39 is 0 Å². The number of methoxy groups -OCH3 is 2. The van der Waals surface area contributed by atoms with Crippen LogP contribution in [-0.2, 0) is 0 Å². The lowest BCUT2D eigenvalue weighted by Crippen LogP contribution is -2.11. The summed E-state index contributed by atoms with van der Waals surface area (Å²) in [7, 11) is 3.12. The third-order valence-electron chi connectivity index (χ3n) is 3.03. The predicted molar refractivity (Wildman–Crippen MR) is 84.9 cm³/mol. The van der Waals surface area contributed by atoms with Crippen LogP contribution in [0, 0.1) is 0 Å². The lowest BCUT2D eigenvalue weighted by atomic mass is 10.3. The van der Waals surface area contributed by atoms with Gasteiger partial charge in [0.05, 0.1) is 24.5 Å². The average Bonchev–Trinajstić information content (AvgIpc) is 2.97. The molecule has 112 valence electrons. The molecule has 6 nitrogen and oxygen atoms in total. The van der Waals surface area contributed by atoms with Crippen molar-refractivity contribution in [3.63, 3.8) is 0 Å². The van der Waals surface area contributed by atoms with Crippen LogP contribution in [-0.4, -0.2) is 30.1 Å². The maximum atomic E-state index is 12.2. The molecule has 0 saturated carbocycles. The zero-order chi connectivity index (χ0) is 15.5. The molecule has 3 aromatic rings. The molecule has 2 aromatic heterocycles. The summed E-state index contributed by atoms with van der Waals surface area (Å²) in [5.41, 5.74) is 1.17. The van der Waals surface area contributed by atoms with Gasteiger partial charge in [-0.05, 0) is 18.2 Å².